The summed E-state index contributed by atoms with van der Waals surface area (Å²) in [5, 5.41) is 7.17. The van der Waals surface area contributed by atoms with Crippen molar-refractivity contribution in [1.29, 1.82) is 0 Å². The average Bonchev–Trinajstić information content (AvgIpc) is 3.04. The van der Waals surface area contributed by atoms with Crippen molar-refractivity contribution in [2.24, 2.45) is 5.41 Å². The first-order chi connectivity index (χ1) is 12.4. The highest BCUT2D eigenvalue weighted by Gasteiger charge is 2.33. The largest absolute Gasteiger partial charge is 0.346 e. The molecule has 1 N–H and O–H groups in total. The molecular weight excluding hydrogens is 330 g/mol. The van der Waals surface area contributed by atoms with Gasteiger partial charge in [0.2, 0.25) is 0 Å². The third-order valence-electron chi connectivity index (χ3n) is 4.61. The minimum Gasteiger partial charge on any atom is -0.346 e. The van der Waals surface area contributed by atoms with Crippen LogP contribution in [0.1, 0.15) is 52.4 Å². The van der Waals surface area contributed by atoms with Crippen LogP contribution in [0.25, 0.3) is 5.65 Å². The van der Waals surface area contributed by atoms with Crippen molar-refractivity contribution in [3.8, 4) is 0 Å². The van der Waals surface area contributed by atoms with E-state index in [2.05, 4.69) is 34.2 Å². The van der Waals surface area contributed by atoms with Crippen LogP contribution in [0.15, 0.2) is 36.8 Å². The first kappa shape index (κ1) is 16.4. The zero-order chi connectivity index (χ0) is 18.3. The lowest BCUT2D eigenvalue weighted by Gasteiger charge is -2.29. The van der Waals surface area contributed by atoms with Gasteiger partial charge in [-0.2, -0.15) is 5.10 Å². The van der Waals surface area contributed by atoms with E-state index in [4.69, 9.17) is 0 Å². The van der Waals surface area contributed by atoms with E-state index in [0.29, 0.717) is 36.2 Å². The lowest BCUT2D eigenvalue weighted by molar-refractivity contribution is 0.0907. The number of nitrogens with one attached hydrogen (secondary N) is 1. The van der Waals surface area contributed by atoms with Crippen molar-refractivity contribution >= 4 is 17.3 Å². The molecule has 3 aromatic heterocycles. The Kier molecular flexibility index (Phi) is 3.79. The van der Waals surface area contributed by atoms with E-state index in [1.807, 2.05) is 18.2 Å². The van der Waals surface area contributed by atoms with E-state index in [1.165, 1.54) is 6.20 Å². The number of nitrogens with zero attached hydrogens (tertiary/aromatic N) is 4. The number of amides is 1. The van der Waals surface area contributed by atoms with Crippen molar-refractivity contribution in [3.63, 3.8) is 0 Å². The molecule has 4 rings (SSSR count). The van der Waals surface area contributed by atoms with Crippen LogP contribution in [0.3, 0.4) is 0 Å². The molecular formula is C19H19N5O2. The Bertz CT molecular complexity index is 1010. The molecule has 0 spiro atoms. The number of rotatable bonds is 3. The Balaban J connectivity index is 1.66. The monoisotopic (exact) mass is 349 g/mol. The van der Waals surface area contributed by atoms with Crippen LogP contribution >= 0.6 is 0 Å². The van der Waals surface area contributed by atoms with Crippen LogP contribution in [-0.2, 0) is 13.0 Å². The summed E-state index contributed by atoms with van der Waals surface area (Å²) >= 11 is 0. The molecule has 0 aliphatic heterocycles. The van der Waals surface area contributed by atoms with E-state index in [1.54, 1.807) is 16.9 Å². The fraction of sp³-hybridized carbons (Fsp3) is 0.316. The fourth-order valence-electron chi connectivity index (χ4n) is 3.36. The summed E-state index contributed by atoms with van der Waals surface area (Å²) in [6, 6.07) is 5.54. The summed E-state index contributed by atoms with van der Waals surface area (Å²) < 4.78 is 1.63. The lowest BCUT2D eigenvalue weighted by Crippen LogP contribution is -2.29. The van der Waals surface area contributed by atoms with Crippen LogP contribution in [-0.4, -0.2) is 31.3 Å². The number of hydrogen-bond donors (Lipinski definition) is 1. The van der Waals surface area contributed by atoms with Gasteiger partial charge in [0.15, 0.2) is 11.4 Å². The van der Waals surface area contributed by atoms with Crippen molar-refractivity contribution in [2.75, 3.05) is 0 Å². The molecule has 0 fully saturated rings. The Labute approximate surface area is 150 Å². The van der Waals surface area contributed by atoms with E-state index < -0.39 is 0 Å². The molecule has 1 aliphatic rings. The highest BCUT2D eigenvalue weighted by Crippen LogP contribution is 2.34. The second-order valence-electron chi connectivity index (χ2n) is 7.36. The predicted molar refractivity (Wildman–Crippen MR) is 94.8 cm³/mol. The third-order valence-corrected chi connectivity index (χ3v) is 4.61. The second kappa shape index (κ2) is 6.01. The first-order valence-corrected chi connectivity index (χ1v) is 8.51. The van der Waals surface area contributed by atoms with Gasteiger partial charge in [-0.05, 0) is 24.0 Å². The van der Waals surface area contributed by atoms with Gasteiger partial charge in [0.05, 0.1) is 29.7 Å². The molecule has 0 saturated heterocycles. The number of carbonyl (C=O) groups is 2. The van der Waals surface area contributed by atoms with Gasteiger partial charge in [0, 0.05) is 18.8 Å². The van der Waals surface area contributed by atoms with Crippen molar-refractivity contribution in [2.45, 2.75) is 33.2 Å². The standard InChI is InChI=1S/C19H19N5O2/c1-19(2)7-15-13(16(25)8-19)10-21-17-14(11-23-24(15)17)18(26)22-9-12-5-3-4-6-20-12/h3-6,10-11H,7-9H2,1-2H3,(H,22,26). The molecule has 7 heteroatoms. The molecule has 0 bridgehead atoms. The normalized spacial score (nSPS) is 15.7. The van der Waals surface area contributed by atoms with Crippen molar-refractivity contribution < 1.29 is 9.59 Å². The van der Waals surface area contributed by atoms with Gasteiger partial charge in [-0.1, -0.05) is 19.9 Å². The molecule has 0 aromatic carbocycles. The van der Waals surface area contributed by atoms with Gasteiger partial charge < -0.3 is 5.32 Å². The molecule has 3 aromatic rings. The highest BCUT2D eigenvalue weighted by atomic mass is 16.1. The summed E-state index contributed by atoms with van der Waals surface area (Å²) in [5.41, 5.74) is 2.91. The molecule has 7 nitrogen and oxygen atoms in total. The Morgan fingerprint density at radius 1 is 1.23 bits per heavy atom. The minimum atomic E-state index is -0.264. The SMILES string of the molecule is CC1(C)CC(=O)c2cnc3c(C(=O)NCc4ccccn4)cnn3c2C1. The maximum Gasteiger partial charge on any atom is 0.257 e. The quantitative estimate of drug-likeness (QED) is 0.783. The summed E-state index contributed by atoms with van der Waals surface area (Å²) in [4.78, 5) is 33.5. The summed E-state index contributed by atoms with van der Waals surface area (Å²) in [6.45, 7) is 4.45. The number of hydrogen-bond acceptors (Lipinski definition) is 5. The Morgan fingerprint density at radius 3 is 2.85 bits per heavy atom. The average molecular weight is 349 g/mol. The predicted octanol–water partition coefficient (Wildman–Crippen LogP) is 2.21. The smallest absolute Gasteiger partial charge is 0.257 e. The zero-order valence-corrected chi connectivity index (χ0v) is 14.7. The molecule has 1 amide bonds. The molecule has 0 atom stereocenters. The van der Waals surface area contributed by atoms with Crippen LogP contribution in [0.2, 0.25) is 0 Å². The first-order valence-electron chi connectivity index (χ1n) is 8.51. The van der Waals surface area contributed by atoms with E-state index in [9.17, 15) is 9.59 Å². The molecule has 132 valence electrons. The van der Waals surface area contributed by atoms with Gasteiger partial charge in [0.1, 0.15) is 5.56 Å². The van der Waals surface area contributed by atoms with Gasteiger partial charge >= 0.3 is 0 Å². The van der Waals surface area contributed by atoms with E-state index in [0.717, 1.165) is 11.4 Å². The number of carbonyl (C=O) groups excluding carboxylic acids is 2. The Hall–Kier alpha value is -3.09. The fourth-order valence-corrected chi connectivity index (χ4v) is 3.36. The maximum absolute atomic E-state index is 12.6. The van der Waals surface area contributed by atoms with Crippen LogP contribution in [0.5, 0.6) is 0 Å². The van der Waals surface area contributed by atoms with Gasteiger partial charge in [-0.15, -0.1) is 0 Å². The third kappa shape index (κ3) is 2.85. The zero-order valence-electron chi connectivity index (χ0n) is 14.7. The summed E-state index contributed by atoms with van der Waals surface area (Å²) in [6.07, 6.45) is 5.96. The second-order valence-corrected chi connectivity index (χ2v) is 7.36. The maximum atomic E-state index is 12.6. The number of Topliss-reactive ketones (excluding diaryl/α,β-unsaturated/α-hetero) is 1. The number of fused-ring (bicyclic) bond motifs is 3. The number of aromatic nitrogens is 4. The molecule has 0 saturated carbocycles. The lowest BCUT2D eigenvalue weighted by atomic mass is 9.76. The topological polar surface area (TPSA) is 89.2 Å². The number of ketones is 1. The number of pyridine rings is 1. The van der Waals surface area contributed by atoms with Gasteiger partial charge in [0.25, 0.3) is 5.91 Å². The summed E-state index contributed by atoms with van der Waals surface area (Å²) in [7, 11) is 0. The highest BCUT2D eigenvalue weighted by molar-refractivity contribution is 6.01. The van der Waals surface area contributed by atoms with E-state index in [-0.39, 0.29) is 17.1 Å². The molecule has 3 heterocycles. The Morgan fingerprint density at radius 2 is 2.08 bits per heavy atom. The van der Waals surface area contributed by atoms with E-state index >= 15 is 0 Å². The van der Waals surface area contributed by atoms with Crippen LogP contribution < -0.4 is 5.32 Å². The van der Waals surface area contributed by atoms with Crippen LogP contribution in [0, 0.1) is 5.41 Å². The summed E-state index contributed by atoms with van der Waals surface area (Å²) in [5.74, 6) is -0.193. The minimum absolute atomic E-state index is 0.0716. The molecule has 1 aliphatic carbocycles. The molecule has 0 unspecified atom stereocenters. The van der Waals surface area contributed by atoms with Crippen molar-refractivity contribution in [1.82, 2.24) is 24.9 Å². The molecule has 26 heavy (non-hydrogen) atoms. The van der Waals surface area contributed by atoms with Gasteiger partial charge in [-0.25, -0.2) is 9.50 Å². The van der Waals surface area contributed by atoms with Crippen molar-refractivity contribution in [3.05, 3.63) is 59.3 Å². The van der Waals surface area contributed by atoms with Gasteiger partial charge in [-0.3, -0.25) is 14.6 Å². The molecule has 0 radical (unpaired) electrons. The van der Waals surface area contributed by atoms with Crippen LogP contribution in [0.4, 0.5) is 0 Å².